The Morgan fingerprint density at radius 3 is 2.40 bits per heavy atom. The SMILES string of the molecule is Cc1ccc(-c2cc(-c3ccc(CCC4CC4)cc3)[nH]c(=O)c2-c2nnc[nH]2)cc1. The normalized spacial score (nSPS) is 13.5. The average Bonchev–Trinajstić information content (AvgIpc) is 3.44. The van der Waals surface area contributed by atoms with E-state index in [-0.39, 0.29) is 5.56 Å². The van der Waals surface area contributed by atoms with Crippen molar-refractivity contribution in [1.29, 1.82) is 0 Å². The van der Waals surface area contributed by atoms with Crippen LogP contribution in [0.15, 0.2) is 65.7 Å². The molecule has 5 nitrogen and oxygen atoms in total. The van der Waals surface area contributed by atoms with Crippen LogP contribution >= 0.6 is 0 Å². The van der Waals surface area contributed by atoms with Gasteiger partial charge in [0, 0.05) is 11.3 Å². The molecule has 0 spiro atoms. The van der Waals surface area contributed by atoms with E-state index in [9.17, 15) is 4.79 Å². The summed E-state index contributed by atoms with van der Waals surface area (Å²) in [5, 5.41) is 7.93. The molecule has 150 valence electrons. The van der Waals surface area contributed by atoms with Crippen LogP contribution in [0.2, 0.25) is 0 Å². The molecule has 1 aliphatic rings. The predicted octanol–water partition coefficient (Wildman–Crippen LogP) is 5.15. The Hall–Kier alpha value is -3.47. The number of aromatic nitrogens is 4. The van der Waals surface area contributed by atoms with Gasteiger partial charge in [0.25, 0.3) is 5.56 Å². The van der Waals surface area contributed by atoms with E-state index >= 15 is 0 Å². The van der Waals surface area contributed by atoms with Crippen LogP contribution in [0.5, 0.6) is 0 Å². The van der Waals surface area contributed by atoms with Crippen LogP contribution in [0.25, 0.3) is 33.8 Å². The fourth-order valence-corrected chi connectivity index (χ4v) is 3.87. The van der Waals surface area contributed by atoms with Gasteiger partial charge >= 0.3 is 0 Å². The maximum absolute atomic E-state index is 13.1. The molecule has 0 amide bonds. The van der Waals surface area contributed by atoms with Gasteiger partial charge in [0.2, 0.25) is 0 Å². The zero-order valence-electron chi connectivity index (χ0n) is 17.0. The van der Waals surface area contributed by atoms with Gasteiger partial charge in [-0.25, -0.2) is 0 Å². The van der Waals surface area contributed by atoms with Crippen molar-refractivity contribution in [1.82, 2.24) is 20.2 Å². The number of rotatable bonds is 6. The number of nitrogens with zero attached hydrogens (tertiary/aromatic N) is 2. The Kier molecular flexibility index (Phi) is 4.79. The molecule has 2 aromatic heterocycles. The smallest absolute Gasteiger partial charge is 0.260 e. The molecule has 2 N–H and O–H groups in total. The minimum absolute atomic E-state index is 0.183. The molecule has 0 bridgehead atoms. The van der Waals surface area contributed by atoms with Crippen LogP contribution in [-0.2, 0) is 6.42 Å². The van der Waals surface area contributed by atoms with Crippen molar-refractivity contribution in [2.24, 2.45) is 5.92 Å². The van der Waals surface area contributed by atoms with E-state index in [0.717, 1.165) is 34.7 Å². The molecule has 1 aliphatic carbocycles. The van der Waals surface area contributed by atoms with E-state index in [2.05, 4.69) is 63.5 Å². The summed E-state index contributed by atoms with van der Waals surface area (Å²) in [7, 11) is 0. The summed E-state index contributed by atoms with van der Waals surface area (Å²) in [5.74, 6) is 1.40. The number of nitrogens with one attached hydrogen (secondary N) is 2. The van der Waals surface area contributed by atoms with Crippen molar-refractivity contribution >= 4 is 0 Å². The fraction of sp³-hybridized carbons (Fsp3) is 0.240. The molecule has 1 fully saturated rings. The molecule has 1 saturated carbocycles. The van der Waals surface area contributed by atoms with Crippen molar-refractivity contribution in [3.63, 3.8) is 0 Å². The molecule has 2 aromatic carbocycles. The number of hydrogen-bond acceptors (Lipinski definition) is 3. The maximum atomic E-state index is 13.1. The predicted molar refractivity (Wildman–Crippen MR) is 119 cm³/mol. The molecule has 5 heteroatoms. The Labute approximate surface area is 175 Å². The molecule has 4 aromatic rings. The van der Waals surface area contributed by atoms with Gasteiger partial charge in [-0.1, -0.05) is 66.9 Å². The first-order chi connectivity index (χ1) is 14.7. The van der Waals surface area contributed by atoms with Gasteiger partial charge in [0.1, 0.15) is 6.33 Å². The first-order valence-electron chi connectivity index (χ1n) is 10.5. The lowest BCUT2D eigenvalue weighted by Crippen LogP contribution is -2.12. The Morgan fingerprint density at radius 1 is 1.00 bits per heavy atom. The molecule has 5 rings (SSSR count). The summed E-state index contributed by atoms with van der Waals surface area (Å²) in [6, 6.07) is 18.7. The van der Waals surface area contributed by atoms with Gasteiger partial charge < -0.3 is 9.97 Å². The highest BCUT2D eigenvalue weighted by Crippen LogP contribution is 2.34. The summed E-state index contributed by atoms with van der Waals surface area (Å²) >= 11 is 0. The molecule has 30 heavy (non-hydrogen) atoms. The number of benzene rings is 2. The van der Waals surface area contributed by atoms with Crippen LogP contribution in [0.4, 0.5) is 0 Å². The maximum Gasteiger partial charge on any atom is 0.260 e. The third kappa shape index (κ3) is 3.83. The summed E-state index contributed by atoms with van der Waals surface area (Å²) in [4.78, 5) is 19.1. The molecular formula is C25H24N4O. The van der Waals surface area contributed by atoms with Crippen molar-refractivity contribution in [2.45, 2.75) is 32.6 Å². The van der Waals surface area contributed by atoms with Crippen molar-refractivity contribution in [3.05, 3.63) is 82.4 Å². The summed E-state index contributed by atoms with van der Waals surface area (Å²) in [5.41, 5.74) is 6.45. The number of hydrogen-bond donors (Lipinski definition) is 2. The molecule has 0 atom stereocenters. The first kappa shape index (κ1) is 18.6. The van der Waals surface area contributed by atoms with E-state index in [1.165, 1.54) is 36.7 Å². The zero-order chi connectivity index (χ0) is 20.5. The third-order valence-electron chi connectivity index (χ3n) is 5.85. The van der Waals surface area contributed by atoms with Crippen molar-refractivity contribution in [3.8, 4) is 33.8 Å². The number of pyridine rings is 1. The second-order valence-corrected chi connectivity index (χ2v) is 8.18. The first-order valence-corrected chi connectivity index (χ1v) is 10.5. The van der Waals surface area contributed by atoms with E-state index < -0.39 is 0 Å². The Morgan fingerprint density at radius 2 is 1.73 bits per heavy atom. The van der Waals surface area contributed by atoms with Crippen LogP contribution in [0, 0.1) is 12.8 Å². The highest BCUT2D eigenvalue weighted by molar-refractivity contribution is 5.83. The lowest BCUT2D eigenvalue weighted by atomic mass is 9.97. The summed E-state index contributed by atoms with van der Waals surface area (Å²) in [6.07, 6.45) is 6.67. The third-order valence-corrected chi connectivity index (χ3v) is 5.85. The van der Waals surface area contributed by atoms with E-state index in [4.69, 9.17) is 0 Å². The van der Waals surface area contributed by atoms with Crippen LogP contribution in [0.1, 0.15) is 30.4 Å². The topological polar surface area (TPSA) is 74.4 Å². The highest BCUT2D eigenvalue weighted by atomic mass is 16.1. The lowest BCUT2D eigenvalue weighted by Gasteiger charge is -2.11. The van der Waals surface area contributed by atoms with E-state index in [1.807, 2.05) is 18.2 Å². The second kappa shape index (κ2) is 7.75. The number of aromatic amines is 2. The highest BCUT2D eigenvalue weighted by Gasteiger charge is 2.20. The minimum atomic E-state index is -0.183. The van der Waals surface area contributed by atoms with Crippen LogP contribution in [-0.4, -0.2) is 20.2 Å². The minimum Gasteiger partial charge on any atom is -0.327 e. The van der Waals surface area contributed by atoms with Gasteiger partial charge in [0.15, 0.2) is 5.82 Å². The molecular weight excluding hydrogens is 372 g/mol. The zero-order valence-corrected chi connectivity index (χ0v) is 17.0. The second-order valence-electron chi connectivity index (χ2n) is 8.18. The number of H-pyrrole nitrogens is 2. The molecule has 0 saturated heterocycles. The van der Waals surface area contributed by atoms with Gasteiger partial charge in [-0.05, 0) is 48.4 Å². The van der Waals surface area contributed by atoms with Gasteiger partial charge in [-0.15, -0.1) is 10.2 Å². The van der Waals surface area contributed by atoms with Crippen molar-refractivity contribution in [2.75, 3.05) is 0 Å². The van der Waals surface area contributed by atoms with E-state index in [0.29, 0.717) is 11.4 Å². The Balaban J connectivity index is 1.56. The van der Waals surface area contributed by atoms with Crippen LogP contribution in [0.3, 0.4) is 0 Å². The largest absolute Gasteiger partial charge is 0.327 e. The standard InChI is InChI=1S/C25H24N4O/c1-16-2-10-19(11-3-16)21-14-22(28-25(30)23(21)24-26-15-27-29-24)20-12-8-18(9-13-20)7-6-17-4-5-17/h2-3,8-15,17H,4-7H2,1H3,(H,28,30)(H,26,27,29). The monoisotopic (exact) mass is 396 g/mol. The van der Waals surface area contributed by atoms with Gasteiger partial charge in [0.05, 0.1) is 5.56 Å². The van der Waals surface area contributed by atoms with Gasteiger partial charge in [-0.3, -0.25) is 4.79 Å². The quantitative estimate of drug-likeness (QED) is 0.474. The van der Waals surface area contributed by atoms with Crippen LogP contribution < -0.4 is 5.56 Å². The fourth-order valence-electron chi connectivity index (χ4n) is 3.87. The lowest BCUT2D eigenvalue weighted by molar-refractivity contribution is 0.727. The average molecular weight is 396 g/mol. The molecule has 0 radical (unpaired) electrons. The molecule has 0 aliphatic heterocycles. The van der Waals surface area contributed by atoms with Gasteiger partial charge in [-0.2, -0.15) is 0 Å². The Bertz CT molecular complexity index is 1200. The molecule has 2 heterocycles. The van der Waals surface area contributed by atoms with Crippen molar-refractivity contribution < 1.29 is 0 Å². The summed E-state index contributed by atoms with van der Waals surface area (Å²) < 4.78 is 0. The summed E-state index contributed by atoms with van der Waals surface area (Å²) in [6.45, 7) is 2.05. The van der Waals surface area contributed by atoms with E-state index in [1.54, 1.807) is 0 Å². The number of aryl methyl sites for hydroxylation is 2. The molecule has 0 unspecified atom stereocenters.